The van der Waals surface area contributed by atoms with E-state index < -0.39 is 0 Å². The number of aromatic nitrogens is 1. The summed E-state index contributed by atoms with van der Waals surface area (Å²) in [7, 11) is 0. The van der Waals surface area contributed by atoms with Crippen LogP contribution in [0.15, 0.2) is 158 Å². The van der Waals surface area contributed by atoms with Gasteiger partial charge in [-0.15, -0.1) is 0 Å². The summed E-state index contributed by atoms with van der Waals surface area (Å²) < 4.78 is 2.61. The van der Waals surface area contributed by atoms with Gasteiger partial charge in [0.1, 0.15) is 0 Å². The maximum Gasteiger partial charge on any atom is 0.252 e. The van der Waals surface area contributed by atoms with Crippen molar-refractivity contribution in [2.45, 2.75) is 50.5 Å². The van der Waals surface area contributed by atoms with E-state index in [1.807, 2.05) is 0 Å². The van der Waals surface area contributed by atoms with E-state index in [1.54, 1.807) is 0 Å². The van der Waals surface area contributed by atoms with Gasteiger partial charge in [-0.05, 0) is 101 Å². The third kappa shape index (κ3) is 3.78. The van der Waals surface area contributed by atoms with E-state index in [1.165, 1.54) is 96.9 Å². The normalized spacial score (nSPS) is 20.2. The minimum atomic E-state index is -0.0790. The van der Waals surface area contributed by atoms with E-state index in [0.29, 0.717) is 0 Å². The molecule has 2 atom stereocenters. The van der Waals surface area contributed by atoms with Crippen LogP contribution in [-0.2, 0) is 5.41 Å². The molecule has 258 valence electrons. The topological polar surface area (TPSA) is 11.4 Å². The van der Waals surface area contributed by atoms with Crippen LogP contribution >= 0.6 is 0 Å². The Morgan fingerprint density at radius 1 is 0.556 bits per heavy atom. The highest BCUT2D eigenvalue weighted by Gasteiger charge is 2.61. The minimum absolute atomic E-state index is 0.00306. The largest absolute Gasteiger partial charge is 0.335 e. The Kier molecular flexibility index (Phi) is 6.09. The fourth-order valence-electron chi connectivity index (χ4n) is 11.3. The summed E-state index contributed by atoms with van der Waals surface area (Å²) >= 11 is 0. The number of fused-ring (bicyclic) bond motifs is 10. The molecule has 0 radical (unpaired) electrons. The molecule has 4 heteroatoms. The highest BCUT2D eigenvalue weighted by atomic mass is 15.3. The number of nitrogens with zero attached hydrogens (tertiary/aromatic N) is 3. The van der Waals surface area contributed by atoms with Gasteiger partial charge in [0.2, 0.25) is 0 Å². The molecule has 4 heterocycles. The van der Waals surface area contributed by atoms with E-state index in [-0.39, 0.29) is 17.7 Å². The Morgan fingerprint density at radius 2 is 1.20 bits per heavy atom. The van der Waals surface area contributed by atoms with Crippen molar-refractivity contribution < 1.29 is 0 Å². The molecule has 3 nitrogen and oxygen atoms in total. The summed E-state index contributed by atoms with van der Waals surface area (Å²) in [5.41, 5.74) is 18.6. The Hall–Kier alpha value is -6.00. The standard InChI is InChI=1S/C50H40BN3/c1-49-27-14-15-28-50(49,2)54-45-32-37(52(35-19-8-4-9-20-35)36-21-10-5-11-22-36)31-44-46(45)51(42-30-34(29-40(49)48(42)54)33-17-6-3-7-18-33)41-25-16-24-39-38-23-12-13-26-43(38)53(44)47(39)41/h3-13,16-26,29-32H,14-15,27-28H2,1-2H3. The van der Waals surface area contributed by atoms with Crippen LogP contribution in [0.3, 0.4) is 0 Å². The first kappa shape index (κ1) is 30.5. The van der Waals surface area contributed by atoms with E-state index in [0.717, 1.165) is 17.8 Å². The Bertz CT molecular complexity index is 2790. The van der Waals surface area contributed by atoms with Crippen molar-refractivity contribution in [2.24, 2.45) is 0 Å². The molecule has 0 bridgehead atoms. The van der Waals surface area contributed by atoms with Gasteiger partial charge in [-0.2, -0.15) is 0 Å². The molecule has 1 saturated carbocycles. The zero-order valence-corrected chi connectivity index (χ0v) is 30.8. The van der Waals surface area contributed by atoms with Gasteiger partial charge in [0.15, 0.2) is 0 Å². The van der Waals surface area contributed by atoms with Gasteiger partial charge in [-0.1, -0.05) is 129 Å². The number of rotatable bonds is 4. The molecule has 1 aliphatic carbocycles. The highest BCUT2D eigenvalue weighted by molar-refractivity contribution is 7.00. The lowest BCUT2D eigenvalue weighted by atomic mass is 9.33. The maximum atomic E-state index is 2.86. The van der Waals surface area contributed by atoms with Crippen molar-refractivity contribution in [3.8, 4) is 16.8 Å². The van der Waals surface area contributed by atoms with Crippen LogP contribution in [0.2, 0.25) is 0 Å². The second-order valence-electron chi connectivity index (χ2n) is 16.4. The molecule has 1 aromatic heterocycles. The molecule has 3 aliphatic heterocycles. The molecule has 0 N–H and O–H groups in total. The summed E-state index contributed by atoms with van der Waals surface area (Å²) in [4.78, 5) is 5.32. The van der Waals surface area contributed by atoms with E-state index in [2.05, 4.69) is 186 Å². The highest BCUT2D eigenvalue weighted by Crippen LogP contribution is 2.62. The molecule has 1 fully saturated rings. The molecule has 4 aliphatic rings. The van der Waals surface area contributed by atoms with Crippen LogP contribution in [0.4, 0.5) is 28.4 Å². The van der Waals surface area contributed by atoms with Gasteiger partial charge in [0.25, 0.3) is 6.71 Å². The van der Waals surface area contributed by atoms with Gasteiger partial charge in [0.05, 0.1) is 16.7 Å². The van der Waals surface area contributed by atoms with Crippen LogP contribution in [0, 0.1) is 0 Å². The second-order valence-corrected chi connectivity index (χ2v) is 16.4. The predicted octanol–water partition coefficient (Wildman–Crippen LogP) is 10.8. The summed E-state index contributed by atoms with van der Waals surface area (Å²) in [6, 6.07) is 59.2. The first-order valence-corrected chi connectivity index (χ1v) is 19.7. The molecule has 8 aromatic rings. The quantitative estimate of drug-likeness (QED) is 0.170. The average Bonchev–Trinajstić information content (AvgIpc) is 3.67. The van der Waals surface area contributed by atoms with E-state index in [9.17, 15) is 0 Å². The van der Waals surface area contributed by atoms with Crippen molar-refractivity contribution >= 4 is 73.3 Å². The third-order valence-electron chi connectivity index (χ3n) is 13.9. The molecular formula is C50H40BN3. The number of hydrogen-bond donors (Lipinski definition) is 0. The number of para-hydroxylation sites is 4. The molecule has 2 unspecified atom stereocenters. The fraction of sp³-hybridized carbons (Fsp3) is 0.160. The third-order valence-corrected chi connectivity index (χ3v) is 13.9. The first-order chi connectivity index (χ1) is 26.5. The van der Waals surface area contributed by atoms with Crippen LogP contribution in [0.25, 0.3) is 38.6 Å². The zero-order valence-electron chi connectivity index (χ0n) is 30.8. The Morgan fingerprint density at radius 3 is 1.96 bits per heavy atom. The Labute approximate surface area is 317 Å². The van der Waals surface area contributed by atoms with Gasteiger partial charge in [-0.3, -0.25) is 0 Å². The number of benzene rings is 7. The number of hydrogen-bond acceptors (Lipinski definition) is 2. The first-order valence-electron chi connectivity index (χ1n) is 19.7. The monoisotopic (exact) mass is 693 g/mol. The van der Waals surface area contributed by atoms with Crippen LogP contribution in [0.1, 0.15) is 45.1 Å². The van der Waals surface area contributed by atoms with Crippen LogP contribution in [-0.4, -0.2) is 16.8 Å². The average molecular weight is 694 g/mol. The van der Waals surface area contributed by atoms with Crippen LogP contribution in [0.5, 0.6) is 0 Å². The van der Waals surface area contributed by atoms with Crippen molar-refractivity contribution in [1.29, 1.82) is 0 Å². The SMILES string of the molecule is CC12CCCCC1(C)N1c3cc(N(c4ccccc4)c4ccccc4)cc4c3B(c3cc(-c5ccccc5)cc2c31)c1cccc2c3ccccc3n-4c12. The van der Waals surface area contributed by atoms with Crippen molar-refractivity contribution in [3.05, 3.63) is 163 Å². The Balaban J connectivity index is 1.26. The molecule has 0 amide bonds. The van der Waals surface area contributed by atoms with Gasteiger partial charge >= 0.3 is 0 Å². The van der Waals surface area contributed by atoms with Gasteiger partial charge < -0.3 is 14.4 Å². The lowest BCUT2D eigenvalue weighted by Gasteiger charge is -2.52. The molecule has 7 aromatic carbocycles. The lowest BCUT2D eigenvalue weighted by molar-refractivity contribution is 0.195. The molecule has 0 spiro atoms. The molecular weight excluding hydrogens is 653 g/mol. The summed E-state index contributed by atoms with van der Waals surface area (Å²) in [5, 5.41) is 2.64. The predicted molar refractivity (Wildman–Crippen MR) is 228 cm³/mol. The van der Waals surface area contributed by atoms with E-state index in [4.69, 9.17) is 0 Å². The zero-order chi connectivity index (χ0) is 35.8. The number of anilines is 5. The molecule has 0 saturated heterocycles. The van der Waals surface area contributed by atoms with E-state index >= 15 is 0 Å². The minimum Gasteiger partial charge on any atom is -0.335 e. The summed E-state index contributed by atoms with van der Waals surface area (Å²) in [6.45, 7) is 5.28. The molecule has 54 heavy (non-hydrogen) atoms. The van der Waals surface area contributed by atoms with Crippen molar-refractivity contribution in [3.63, 3.8) is 0 Å². The fourth-order valence-corrected chi connectivity index (χ4v) is 11.3. The lowest BCUT2D eigenvalue weighted by Crippen LogP contribution is -2.64. The second kappa shape index (κ2) is 10.8. The maximum absolute atomic E-state index is 2.86. The van der Waals surface area contributed by atoms with Crippen LogP contribution < -0.4 is 26.2 Å². The smallest absolute Gasteiger partial charge is 0.252 e. The summed E-state index contributed by atoms with van der Waals surface area (Å²) in [5.74, 6) is 0. The van der Waals surface area contributed by atoms with Crippen molar-refractivity contribution in [2.75, 3.05) is 9.80 Å². The van der Waals surface area contributed by atoms with Gasteiger partial charge in [0, 0.05) is 50.1 Å². The summed E-state index contributed by atoms with van der Waals surface area (Å²) in [6.07, 6.45) is 4.86. The molecule has 12 rings (SSSR count). The van der Waals surface area contributed by atoms with Crippen molar-refractivity contribution in [1.82, 2.24) is 4.57 Å². The van der Waals surface area contributed by atoms with Gasteiger partial charge in [-0.25, -0.2) is 0 Å².